The van der Waals surface area contributed by atoms with E-state index in [2.05, 4.69) is 15.1 Å². The summed E-state index contributed by atoms with van der Waals surface area (Å²) in [6, 6.07) is 18.5. The third-order valence-electron chi connectivity index (χ3n) is 4.97. The van der Waals surface area contributed by atoms with Gasteiger partial charge in [0.15, 0.2) is 5.69 Å². The molecule has 0 aliphatic carbocycles. The lowest BCUT2D eigenvalue weighted by Crippen LogP contribution is -2.37. The summed E-state index contributed by atoms with van der Waals surface area (Å²) in [5, 5.41) is 5.05. The Bertz CT molecular complexity index is 1260. The summed E-state index contributed by atoms with van der Waals surface area (Å²) < 4.78 is 1.75. The number of benzene rings is 2. The van der Waals surface area contributed by atoms with E-state index in [9.17, 15) is 9.59 Å². The summed E-state index contributed by atoms with van der Waals surface area (Å²) in [4.78, 5) is 34.6. The number of aryl methyl sites for hydroxylation is 1. The van der Waals surface area contributed by atoms with Gasteiger partial charge in [0, 0.05) is 11.7 Å². The molecule has 30 heavy (non-hydrogen) atoms. The van der Waals surface area contributed by atoms with Gasteiger partial charge in [-0.25, -0.2) is 9.67 Å². The molecular weight excluding hydrogens is 378 g/mol. The molecule has 7 heteroatoms. The minimum Gasteiger partial charge on any atom is -0.327 e. The number of nitrogens with one attached hydrogen (secondary N) is 1. The normalized spacial score (nSPS) is 11.2. The number of hydrogen-bond acceptors (Lipinski definition) is 4. The molecule has 0 saturated heterocycles. The van der Waals surface area contributed by atoms with Crippen molar-refractivity contribution < 1.29 is 4.79 Å². The molecule has 0 radical (unpaired) electrons. The fourth-order valence-corrected chi connectivity index (χ4v) is 3.42. The Morgan fingerprint density at radius 2 is 1.80 bits per heavy atom. The SMILES string of the molecule is Cc1cc(C(=O)N(Cc2nc3ccccc3c(=O)[nH]2)C(C)C)nn1-c1ccccc1. The average molecular weight is 401 g/mol. The van der Waals surface area contributed by atoms with Crippen LogP contribution in [0.2, 0.25) is 0 Å². The van der Waals surface area contributed by atoms with Gasteiger partial charge in [-0.3, -0.25) is 9.59 Å². The van der Waals surface area contributed by atoms with Crippen LogP contribution in [0.1, 0.15) is 35.9 Å². The second-order valence-corrected chi connectivity index (χ2v) is 7.47. The van der Waals surface area contributed by atoms with Gasteiger partial charge < -0.3 is 9.88 Å². The van der Waals surface area contributed by atoms with Gasteiger partial charge in [0.1, 0.15) is 5.82 Å². The molecular formula is C23H23N5O2. The quantitative estimate of drug-likeness (QED) is 0.555. The molecule has 4 aromatic rings. The second kappa shape index (κ2) is 7.94. The molecule has 1 amide bonds. The van der Waals surface area contributed by atoms with Crippen LogP contribution in [0.5, 0.6) is 0 Å². The van der Waals surface area contributed by atoms with E-state index in [4.69, 9.17) is 0 Å². The van der Waals surface area contributed by atoms with E-state index in [1.54, 1.807) is 33.8 Å². The van der Waals surface area contributed by atoms with Crippen molar-refractivity contribution in [1.29, 1.82) is 0 Å². The fraction of sp³-hybridized carbons (Fsp3) is 0.217. The molecule has 2 aromatic heterocycles. The highest BCUT2D eigenvalue weighted by Gasteiger charge is 2.23. The van der Waals surface area contributed by atoms with Crippen LogP contribution in [0, 0.1) is 6.92 Å². The monoisotopic (exact) mass is 401 g/mol. The van der Waals surface area contributed by atoms with E-state index in [0.717, 1.165) is 11.4 Å². The number of rotatable bonds is 5. The molecule has 0 bridgehead atoms. The summed E-state index contributed by atoms with van der Waals surface area (Å²) >= 11 is 0. The third kappa shape index (κ3) is 3.74. The van der Waals surface area contributed by atoms with Crippen molar-refractivity contribution in [3.8, 4) is 5.69 Å². The Morgan fingerprint density at radius 3 is 2.53 bits per heavy atom. The van der Waals surface area contributed by atoms with Crippen molar-refractivity contribution in [2.24, 2.45) is 0 Å². The highest BCUT2D eigenvalue weighted by molar-refractivity contribution is 5.92. The maximum Gasteiger partial charge on any atom is 0.275 e. The summed E-state index contributed by atoms with van der Waals surface area (Å²) in [6.45, 7) is 5.96. The summed E-state index contributed by atoms with van der Waals surface area (Å²) in [5.41, 5.74) is 2.51. The number of hydrogen-bond donors (Lipinski definition) is 1. The Labute approximate surface area is 174 Å². The minimum atomic E-state index is -0.212. The number of aromatic amines is 1. The van der Waals surface area contributed by atoms with Crippen molar-refractivity contribution in [3.63, 3.8) is 0 Å². The Kier molecular flexibility index (Phi) is 5.18. The number of H-pyrrole nitrogens is 1. The fourth-order valence-electron chi connectivity index (χ4n) is 3.42. The zero-order valence-electron chi connectivity index (χ0n) is 17.2. The van der Waals surface area contributed by atoms with Crippen molar-refractivity contribution in [1.82, 2.24) is 24.6 Å². The van der Waals surface area contributed by atoms with Crippen molar-refractivity contribution in [2.45, 2.75) is 33.4 Å². The Morgan fingerprint density at radius 1 is 1.10 bits per heavy atom. The molecule has 2 heterocycles. The summed E-state index contributed by atoms with van der Waals surface area (Å²) in [7, 11) is 0. The van der Waals surface area contributed by atoms with E-state index in [0.29, 0.717) is 22.4 Å². The van der Waals surface area contributed by atoms with Crippen molar-refractivity contribution in [2.75, 3.05) is 0 Å². The van der Waals surface area contributed by atoms with Crippen molar-refractivity contribution in [3.05, 3.63) is 88.2 Å². The molecule has 2 aromatic carbocycles. The van der Waals surface area contributed by atoms with Gasteiger partial charge in [-0.05, 0) is 51.1 Å². The molecule has 152 valence electrons. The maximum absolute atomic E-state index is 13.3. The van der Waals surface area contributed by atoms with Crippen LogP contribution in [0.15, 0.2) is 65.5 Å². The predicted octanol–water partition coefficient (Wildman–Crippen LogP) is 3.47. The highest BCUT2D eigenvalue weighted by Crippen LogP contribution is 2.16. The number of carbonyl (C=O) groups excluding carboxylic acids is 1. The molecule has 7 nitrogen and oxygen atoms in total. The first-order chi connectivity index (χ1) is 14.4. The van der Waals surface area contributed by atoms with Gasteiger partial charge >= 0.3 is 0 Å². The first-order valence-electron chi connectivity index (χ1n) is 9.85. The van der Waals surface area contributed by atoms with E-state index >= 15 is 0 Å². The van der Waals surface area contributed by atoms with Gasteiger partial charge in [0.25, 0.3) is 11.5 Å². The Hall–Kier alpha value is -3.74. The van der Waals surface area contributed by atoms with Crippen LogP contribution in [0.25, 0.3) is 16.6 Å². The number of para-hydroxylation sites is 2. The number of amides is 1. The molecule has 0 fully saturated rings. The number of carbonyl (C=O) groups is 1. The zero-order chi connectivity index (χ0) is 21.3. The summed E-state index contributed by atoms with van der Waals surface area (Å²) in [6.07, 6.45) is 0. The topological polar surface area (TPSA) is 83.9 Å². The van der Waals surface area contributed by atoms with Crippen LogP contribution in [0.3, 0.4) is 0 Å². The minimum absolute atomic E-state index is 0.101. The van der Waals surface area contributed by atoms with E-state index in [1.165, 1.54) is 0 Å². The standard InChI is InChI=1S/C23H23N5O2/c1-15(2)27(14-21-24-19-12-8-7-11-18(19)22(29)25-21)23(30)20-13-16(3)28(26-20)17-9-5-4-6-10-17/h4-13,15H,14H2,1-3H3,(H,24,25,29). The molecule has 0 aliphatic heterocycles. The zero-order valence-corrected chi connectivity index (χ0v) is 17.2. The second-order valence-electron chi connectivity index (χ2n) is 7.47. The third-order valence-corrected chi connectivity index (χ3v) is 4.97. The molecule has 0 saturated carbocycles. The maximum atomic E-state index is 13.3. The number of fused-ring (bicyclic) bond motifs is 1. The van der Waals surface area contributed by atoms with Crippen LogP contribution in [0.4, 0.5) is 0 Å². The highest BCUT2D eigenvalue weighted by atomic mass is 16.2. The summed E-state index contributed by atoms with van der Waals surface area (Å²) in [5.74, 6) is 0.235. The average Bonchev–Trinajstić information content (AvgIpc) is 3.14. The van der Waals surface area contributed by atoms with Gasteiger partial charge in [-0.15, -0.1) is 0 Å². The van der Waals surface area contributed by atoms with Crippen LogP contribution >= 0.6 is 0 Å². The van der Waals surface area contributed by atoms with Crippen LogP contribution < -0.4 is 5.56 Å². The lowest BCUT2D eigenvalue weighted by Gasteiger charge is -2.25. The van der Waals surface area contributed by atoms with Gasteiger partial charge in [-0.1, -0.05) is 30.3 Å². The predicted molar refractivity (Wildman–Crippen MR) is 116 cm³/mol. The molecule has 0 spiro atoms. The van der Waals surface area contributed by atoms with Crippen LogP contribution in [-0.2, 0) is 6.54 Å². The van der Waals surface area contributed by atoms with Gasteiger partial charge in [0.2, 0.25) is 0 Å². The molecule has 4 rings (SSSR count). The van der Waals surface area contributed by atoms with Crippen LogP contribution in [-0.4, -0.2) is 36.6 Å². The smallest absolute Gasteiger partial charge is 0.275 e. The lowest BCUT2D eigenvalue weighted by atomic mass is 10.2. The largest absolute Gasteiger partial charge is 0.327 e. The number of aromatic nitrogens is 4. The Balaban J connectivity index is 1.66. The molecule has 0 aliphatic rings. The molecule has 0 unspecified atom stereocenters. The lowest BCUT2D eigenvalue weighted by molar-refractivity contribution is 0.0678. The molecule has 0 atom stereocenters. The van der Waals surface area contributed by atoms with Crippen molar-refractivity contribution >= 4 is 16.8 Å². The first kappa shape index (κ1) is 19.6. The van der Waals surface area contributed by atoms with E-state index < -0.39 is 0 Å². The molecule has 1 N–H and O–H groups in total. The number of nitrogens with zero attached hydrogens (tertiary/aromatic N) is 4. The van der Waals surface area contributed by atoms with Gasteiger partial charge in [-0.2, -0.15) is 5.10 Å². The van der Waals surface area contributed by atoms with Gasteiger partial charge in [0.05, 0.1) is 23.1 Å². The van der Waals surface area contributed by atoms with E-state index in [-0.39, 0.29) is 24.1 Å². The van der Waals surface area contributed by atoms with E-state index in [1.807, 2.05) is 57.2 Å². The first-order valence-corrected chi connectivity index (χ1v) is 9.85.